The van der Waals surface area contributed by atoms with E-state index in [1.807, 2.05) is 42.5 Å². The molecule has 158 valence electrons. The minimum atomic E-state index is 0.302. The highest BCUT2D eigenvalue weighted by molar-refractivity contribution is 5.94. The number of nitrogens with two attached hydrogens (primary N) is 1. The zero-order valence-electron chi connectivity index (χ0n) is 17.8. The van der Waals surface area contributed by atoms with Crippen LogP contribution in [0.1, 0.15) is 19.4 Å². The van der Waals surface area contributed by atoms with Gasteiger partial charge in [-0.05, 0) is 42.9 Å². The van der Waals surface area contributed by atoms with Crippen LogP contribution in [0.15, 0.2) is 47.5 Å². The maximum absolute atomic E-state index is 6.03. The Hall–Kier alpha value is -2.93. The lowest BCUT2D eigenvalue weighted by Gasteiger charge is -2.18. The molecule has 0 saturated carbocycles. The molecule has 2 rings (SSSR count). The molecule has 0 heterocycles. The largest absolute Gasteiger partial charge is 0.497 e. The fourth-order valence-electron chi connectivity index (χ4n) is 2.79. The number of rotatable bonds is 11. The minimum absolute atomic E-state index is 0.302. The third-order valence-corrected chi connectivity index (χ3v) is 4.60. The van der Waals surface area contributed by atoms with E-state index in [0.29, 0.717) is 36.3 Å². The first-order chi connectivity index (χ1) is 14.1. The van der Waals surface area contributed by atoms with Crippen LogP contribution < -0.4 is 25.3 Å². The van der Waals surface area contributed by atoms with E-state index in [-0.39, 0.29) is 0 Å². The molecule has 0 bridgehead atoms. The van der Waals surface area contributed by atoms with Gasteiger partial charge in [0.1, 0.15) is 23.9 Å². The molecule has 0 aliphatic carbocycles. The number of nitrogens with zero attached hydrogens (tertiary/aromatic N) is 2. The zero-order chi connectivity index (χ0) is 21.1. The number of hydrogen-bond acceptors (Lipinski definition) is 5. The van der Waals surface area contributed by atoms with Crippen LogP contribution in [0, 0.1) is 0 Å². The lowest BCUT2D eigenvalue weighted by atomic mass is 10.2. The third-order valence-electron chi connectivity index (χ3n) is 4.60. The summed E-state index contributed by atoms with van der Waals surface area (Å²) in [7, 11) is 3.21. The second-order valence-corrected chi connectivity index (χ2v) is 6.41. The second-order valence-electron chi connectivity index (χ2n) is 6.41. The molecular weight excluding hydrogens is 368 g/mol. The number of ether oxygens (including phenoxy) is 3. The molecule has 0 amide bonds. The van der Waals surface area contributed by atoms with Gasteiger partial charge in [0, 0.05) is 12.6 Å². The van der Waals surface area contributed by atoms with Gasteiger partial charge in [0.05, 0.1) is 26.5 Å². The highest BCUT2D eigenvalue weighted by Gasteiger charge is 2.06. The normalized spacial score (nSPS) is 11.4. The van der Waals surface area contributed by atoms with Gasteiger partial charge in [-0.3, -0.25) is 0 Å². The molecule has 0 fully saturated rings. The van der Waals surface area contributed by atoms with E-state index < -0.39 is 0 Å². The topological polar surface area (TPSA) is 81.3 Å². The number of anilines is 1. The molecule has 0 saturated heterocycles. The summed E-state index contributed by atoms with van der Waals surface area (Å²) in [5, 5.41) is 3.06. The quantitative estimate of drug-likeness (QED) is 0.445. The van der Waals surface area contributed by atoms with Crippen molar-refractivity contribution in [1.29, 1.82) is 0 Å². The predicted molar refractivity (Wildman–Crippen MR) is 118 cm³/mol. The van der Waals surface area contributed by atoms with Crippen LogP contribution in [-0.4, -0.2) is 51.3 Å². The lowest BCUT2D eigenvalue weighted by molar-refractivity contribution is 0.223. The van der Waals surface area contributed by atoms with Crippen molar-refractivity contribution in [2.45, 2.75) is 20.4 Å². The van der Waals surface area contributed by atoms with Crippen molar-refractivity contribution in [3.63, 3.8) is 0 Å². The molecule has 0 atom stereocenters. The molecule has 2 aromatic carbocycles. The fourth-order valence-corrected chi connectivity index (χ4v) is 2.79. The van der Waals surface area contributed by atoms with E-state index in [2.05, 4.69) is 29.1 Å². The van der Waals surface area contributed by atoms with Gasteiger partial charge in [0.25, 0.3) is 0 Å². The summed E-state index contributed by atoms with van der Waals surface area (Å²) >= 11 is 0. The zero-order valence-corrected chi connectivity index (χ0v) is 17.8. The van der Waals surface area contributed by atoms with Crippen LogP contribution in [-0.2, 0) is 6.54 Å². The Balaban J connectivity index is 1.89. The summed E-state index contributed by atoms with van der Waals surface area (Å²) in [6, 6.07) is 13.4. The van der Waals surface area contributed by atoms with Crippen LogP contribution in [0.2, 0.25) is 0 Å². The van der Waals surface area contributed by atoms with Crippen LogP contribution in [0.4, 0.5) is 5.69 Å². The van der Waals surface area contributed by atoms with Crippen molar-refractivity contribution in [3.8, 4) is 17.2 Å². The van der Waals surface area contributed by atoms with Crippen LogP contribution >= 0.6 is 0 Å². The van der Waals surface area contributed by atoms with Gasteiger partial charge >= 0.3 is 0 Å². The average molecular weight is 401 g/mol. The summed E-state index contributed by atoms with van der Waals surface area (Å²) < 4.78 is 16.4. The smallest absolute Gasteiger partial charge is 0.193 e. The summed E-state index contributed by atoms with van der Waals surface area (Å²) in [4.78, 5) is 6.73. The molecule has 2 aromatic rings. The van der Waals surface area contributed by atoms with Gasteiger partial charge in [-0.2, -0.15) is 0 Å². The first-order valence-electron chi connectivity index (χ1n) is 9.82. The molecular formula is C22H32N4O3. The van der Waals surface area contributed by atoms with Crippen molar-refractivity contribution >= 4 is 11.6 Å². The van der Waals surface area contributed by atoms with Crippen molar-refractivity contribution < 1.29 is 14.2 Å². The van der Waals surface area contributed by atoms with Gasteiger partial charge in [0.2, 0.25) is 0 Å². The van der Waals surface area contributed by atoms with Gasteiger partial charge < -0.3 is 30.2 Å². The van der Waals surface area contributed by atoms with Gasteiger partial charge in [-0.15, -0.1) is 0 Å². The molecule has 0 aliphatic rings. The number of benzene rings is 2. The lowest BCUT2D eigenvalue weighted by Crippen LogP contribution is -2.27. The molecule has 0 radical (unpaired) electrons. The Morgan fingerprint density at radius 2 is 1.69 bits per heavy atom. The van der Waals surface area contributed by atoms with E-state index in [9.17, 15) is 0 Å². The van der Waals surface area contributed by atoms with E-state index >= 15 is 0 Å². The number of likely N-dealkylation sites (N-methyl/N-ethyl adjacent to an activating group) is 1. The number of hydrogen-bond donors (Lipinski definition) is 2. The summed E-state index contributed by atoms with van der Waals surface area (Å²) in [6.07, 6.45) is 0. The average Bonchev–Trinajstić information content (AvgIpc) is 2.76. The van der Waals surface area contributed by atoms with Crippen LogP contribution in [0.5, 0.6) is 17.2 Å². The Morgan fingerprint density at radius 3 is 2.31 bits per heavy atom. The monoisotopic (exact) mass is 400 g/mol. The van der Waals surface area contributed by atoms with E-state index in [4.69, 9.17) is 19.9 Å². The molecule has 3 N–H and O–H groups in total. The number of guanidine groups is 1. The minimum Gasteiger partial charge on any atom is -0.497 e. The van der Waals surface area contributed by atoms with Crippen molar-refractivity contribution in [2.75, 3.05) is 45.8 Å². The van der Waals surface area contributed by atoms with Crippen molar-refractivity contribution in [3.05, 3.63) is 48.0 Å². The predicted octanol–water partition coefficient (Wildman–Crippen LogP) is 3.35. The van der Waals surface area contributed by atoms with Gasteiger partial charge in [-0.25, -0.2) is 4.99 Å². The molecule has 0 aromatic heterocycles. The maximum Gasteiger partial charge on any atom is 0.193 e. The summed E-state index contributed by atoms with van der Waals surface area (Å²) in [6.45, 7) is 8.45. The Kier molecular flexibility index (Phi) is 9.11. The Bertz CT molecular complexity index is 774. The molecule has 0 spiro atoms. The van der Waals surface area contributed by atoms with E-state index in [0.717, 1.165) is 30.9 Å². The molecule has 7 nitrogen and oxygen atoms in total. The first kappa shape index (κ1) is 22.4. The van der Waals surface area contributed by atoms with E-state index in [1.54, 1.807) is 14.2 Å². The summed E-state index contributed by atoms with van der Waals surface area (Å²) in [5.74, 6) is 2.53. The van der Waals surface area contributed by atoms with Gasteiger partial charge in [0.15, 0.2) is 5.96 Å². The SMILES string of the molecule is CCN(CC)CCOc1ccc(CN=C(N)Nc2cc(OC)ccc2OC)cc1. The second kappa shape index (κ2) is 11.8. The fraction of sp³-hybridized carbons (Fsp3) is 0.409. The number of nitrogens with one attached hydrogen (secondary N) is 1. The standard InChI is InChI=1S/C22H32N4O3/c1-5-26(6-2)13-14-29-18-9-7-17(8-10-18)16-24-22(23)25-20-15-19(27-3)11-12-21(20)28-4/h7-12,15H,5-6,13-14,16H2,1-4H3,(H3,23,24,25). The maximum atomic E-state index is 6.03. The highest BCUT2D eigenvalue weighted by atomic mass is 16.5. The molecule has 0 aliphatic heterocycles. The molecule has 7 heteroatoms. The number of aliphatic imine (C=N–C) groups is 1. The molecule has 29 heavy (non-hydrogen) atoms. The molecule has 0 unspecified atom stereocenters. The number of methoxy groups -OCH3 is 2. The third kappa shape index (κ3) is 7.19. The summed E-state index contributed by atoms with van der Waals surface area (Å²) in [5.41, 5.74) is 7.78. The first-order valence-corrected chi connectivity index (χ1v) is 9.82. The van der Waals surface area contributed by atoms with E-state index in [1.165, 1.54) is 0 Å². The Morgan fingerprint density at radius 1 is 1.00 bits per heavy atom. The van der Waals surface area contributed by atoms with Crippen LogP contribution in [0.25, 0.3) is 0 Å². The Labute approximate surface area is 173 Å². The van der Waals surface area contributed by atoms with Gasteiger partial charge in [-0.1, -0.05) is 26.0 Å². The van der Waals surface area contributed by atoms with Crippen molar-refractivity contribution in [1.82, 2.24) is 4.90 Å². The van der Waals surface area contributed by atoms with Crippen LogP contribution in [0.3, 0.4) is 0 Å². The van der Waals surface area contributed by atoms with Crippen molar-refractivity contribution in [2.24, 2.45) is 10.7 Å². The highest BCUT2D eigenvalue weighted by Crippen LogP contribution is 2.28.